The number of unbranched alkanes of at least 4 members (excludes halogenated alkanes) is 2. The Kier molecular flexibility index (Phi) is 13.8. The summed E-state index contributed by atoms with van der Waals surface area (Å²) in [5.74, 6) is -3.32. The van der Waals surface area contributed by atoms with Gasteiger partial charge >= 0.3 is 5.97 Å². The Morgan fingerprint density at radius 2 is 1.51 bits per heavy atom. The average molecular weight is 500 g/mol. The number of rotatable bonds is 17. The molecule has 0 aromatic carbocycles. The van der Waals surface area contributed by atoms with Gasteiger partial charge in [0.15, 0.2) is 0 Å². The number of likely N-dealkylation sites (tertiary alicyclic amines) is 1. The Morgan fingerprint density at radius 1 is 0.914 bits per heavy atom. The van der Waals surface area contributed by atoms with Crippen LogP contribution in [0, 0.1) is 0 Å². The number of primary amides is 1. The highest BCUT2D eigenvalue weighted by molar-refractivity contribution is 5.94. The molecule has 0 saturated carbocycles. The van der Waals surface area contributed by atoms with Crippen LogP contribution in [0.1, 0.15) is 64.2 Å². The predicted octanol–water partition coefficient (Wildman–Crippen LogP) is -2.12. The van der Waals surface area contributed by atoms with E-state index in [-0.39, 0.29) is 25.7 Å². The van der Waals surface area contributed by atoms with E-state index in [0.29, 0.717) is 58.2 Å². The molecule has 0 radical (unpaired) electrons. The smallest absolute Gasteiger partial charge is 0.326 e. The van der Waals surface area contributed by atoms with E-state index in [1.165, 1.54) is 4.90 Å². The van der Waals surface area contributed by atoms with Crippen molar-refractivity contribution in [3.63, 3.8) is 0 Å². The van der Waals surface area contributed by atoms with Gasteiger partial charge in [0, 0.05) is 13.0 Å². The maximum atomic E-state index is 13.1. The molecule has 200 valence electrons. The highest BCUT2D eigenvalue weighted by Gasteiger charge is 2.37. The maximum Gasteiger partial charge on any atom is 0.326 e. The second kappa shape index (κ2) is 16.0. The zero-order valence-electron chi connectivity index (χ0n) is 20.2. The lowest BCUT2D eigenvalue weighted by Gasteiger charge is -2.28. The minimum Gasteiger partial charge on any atom is -0.480 e. The second-order valence-corrected chi connectivity index (χ2v) is 8.83. The Labute approximate surface area is 205 Å². The summed E-state index contributed by atoms with van der Waals surface area (Å²) < 4.78 is 0. The number of amides is 4. The summed E-state index contributed by atoms with van der Waals surface area (Å²) in [5, 5.41) is 14.7. The minimum absolute atomic E-state index is 0.0446. The van der Waals surface area contributed by atoms with Gasteiger partial charge in [-0.05, 0) is 70.9 Å². The number of nitrogens with two attached hydrogens (primary N) is 4. The van der Waals surface area contributed by atoms with E-state index in [1.54, 1.807) is 0 Å². The topological polar surface area (TPSA) is 237 Å². The van der Waals surface area contributed by atoms with E-state index in [2.05, 4.69) is 10.6 Å². The van der Waals surface area contributed by atoms with Crippen LogP contribution in [0.3, 0.4) is 0 Å². The highest BCUT2D eigenvalue weighted by atomic mass is 16.4. The first-order chi connectivity index (χ1) is 16.6. The fourth-order valence-electron chi connectivity index (χ4n) is 3.99. The molecule has 0 aliphatic carbocycles. The Morgan fingerprint density at radius 3 is 2.06 bits per heavy atom. The van der Waals surface area contributed by atoms with Crippen molar-refractivity contribution in [1.82, 2.24) is 15.5 Å². The van der Waals surface area contributed by atoms with Crippen LogP contribution >= 0.6 is 0 Å². The van der Waals surface area contributed by atoms with E-state index in [1.807, 2.05) is 0 Å². The molecular formula is C22H41N7O6. The van der Waals surface area contributed by atoms with E-state index < -0.39 is 53.8 Å². The molecule has 13 heteroatoms. The lowest BCUT2D eigenvalue weighted by molar-refractivity contribution is -0.143. The molecule has 35 heavy (non-hydrogen) atoms. The van der Waals surface area contributed by atoms with Crippen LogP contribution < -0.4 is 33.6 Å². The van der Waals surface area contributed by atoms with Crippen LogP contribution in [0.25, 0.3) is 0 Å². The normalized spacial score (nSPS) is 17.9. The van der Waals surface area contributed by atoms with Crippen molar-refractivity contribution in [2.75, 3.05) is 19.6 Å². The predicted molar refractivity (Wildman–Crippen MR) is 128 cm³/mol. The summed E-state index contributed by atoms with van der Waals surface area (Å²) in [4.78, 5) is 62.7. The van der Waals surface area contributed by atoms with Gasteiger partial charge in [-0.3, -0.25) is 19.2 Å². The van der Waals surface area contributed by atoms with E-state index in [9.17, 15) is 29.1 Å². The molecule has 1 rings (SSSR count). The Bertz CT molecular complexity index is 735. The molecule has 11 N–H and O–H groups in total. The van der Waals surface area contributed by atoms with Crippen LogP contribution in [-0.2, 0) is 24.0 Å². The van der Waals surface area contributed by atoms with Gasteiger partial charge in [0.1, 0.15) is 18.1 Å². The number of nitrogens with zero attached hydrogens (tertiary/aromatic N) is 1. The first-order valence-corrected chi connectivity index (χ1v) is 12.2. The fraction of sp³-hybridized carbons (Fsp3) is 0.773. The molecule has 4 unspecified atom stereocenters. The quantitative estimate of drug-likeness (QED) is 0.108. The Hall–Kier alpha value is -2.77. The van der Waals surface area contributed by atoms with Crippen LogP contribution in [0.2, 0.25) is 0 Å². The van der Waals surface area contributed by atoms with E-state index in [0.717, 1.165) is 0 Å². The standard InChI is InChI=1S/C22H41N7O6/c23-11-3-1-6-15(19(31)28-16(22(34)35)7-2-4-12-24)27-20(32)17-8-5-13-29(17)21(33)14(25)9-10-18(26)30/h14-17H,1-13,23-25H2,(H2,26,30)(H,27,32)(H,28,31)(H,34,35). The molecule has 4 amide bonds. The Balaban J connectivity index is 2.87. The zero-order chi connectivity index (χ0) is 26.4. The second-order valence-electron chi connectivity index (χ2n) is 8.83. The van der Waals surface area contributed by atoms with Crippen LogP contribution in [-0.4, -0.2) is 83.4 Å². The number of carbonyl (C=O) groups excluding carboxylic acids is 4. The molecule has 1 aliphatic heterocycles. The zero-order valence-corrected chi connectivity index (χ0v) is 20.2. The molecule has 13 nitrogen and oxygen atoms in total. The largest absolute Gasteiger partial charge is 0.480 e. The summed E-state index contributed by atoms with van der Waals surface area (Å²) in [7, 11) is 0. The average Bonchev–Trinajstić information content (AvgIpc) is 3.30. The first kappa shape index (κ1) is 30.3. The fourth-order valence-corrected chi connectivity index (χ4v) is 3.99. The van der Waals surface area contributed by atoms with Gasteiger partial charge in [-0.2, -0.15) is 0 Å². The molecule has 1 saturated heterocycles. The monoisotopic (exact) mass is 499 g/mol. The molecule has 0 spiro atoms. The molecule has 0 aromatic heterocycles. The molecule has 1 fully saturated rings. The lowest BCUT2D eigenvalue weighted by Crippen LogP contribution is -2.56. The molecule has 4 atom stereocenters. The van der Waals surface area contributed by atoms with E-state index >= 15 is 0 Å². The van der Waals surface area contributed by atoms with Gasteiger partial charge in [-0.25, -0.2) is 4.79 Å². The lowest BCUT2D eigenvalue weighted by atomic mass is 10.0. The van der Waals surface area contributed by atoms with E-state index in [4.69, 9.17) is 22.9 Å². The molecular weight excluding hydrogens is 458 g/mol. The number of carboxylic acid groups (broad SMARTS) is 1. The third kappa shape index (κ3) is 10.6. The van der Waals surface area contributed by atoms with Gasteiger partial charge in [-0.15, -0.1) is 0 Å². The van der Waals surface area contributed by atoms with Crippen LogP contribution in [0.4, 0.5) is 0 Å². The SMILES string of the molecule is NCCCCC(NC(=O)C(CCCCN)NC(=O)C1CCCN1C(=O)C(N)CCC(N)=O)C(=O)O. The third-order valence-corrected chi connectivity index (χ3v) is 6.00. The molecule has 1 aliphatic rings. The van der Waals surface area contributed by atoms with Crippen molar-refractivity contribution >= 4 is 29.6 Å². The summed E-state index contributed by atoms with van der Waals surface area (Å²) in [6.45, 7) is 1.15. The summed E-state index contributed by atoms with van der Waals surface area (Å²) in [6, 6.07) is -3.86. The van der Waals surface area contributed by atoms with Crippen molar-refractivity contribution in [1.29, 1.82) is 0 Å². The number of hydrogen-bond acceptors (Lipinski definition) is 8. The summed E-state index contributed by atoms with van der Waals surface area (Å²) in [5.41, 5.74) is 22.0. The van der Waals surface area contributed by atoms with Crippen LogP contribution in [0.5, 0.6) is 0 Å². The molecule has 1 heterocycles. The summed E-state index contributed by atoms with van der Waals surface area (Å²) >= 11 is 0. The minimum atomic E-state index is -1.17. The third-order valence-electron chi connectivity index (χ3n) is 6.00. The molecule has 0 aromatic rings. The number of carbonyl (C=O) groups is 5. The van der Waals surface area contributed by atoms with Crippen molar-refractivity contribution in [3.05, 3.63) is 0 Å². The van der Waals surface area contributed by atoms with Gasteiger partial charge in [-0.1, -0.05) is 0 Å². The van der Waals surface area contributed by atoms with Crippen molar-refractivity contribution in [3.8, 4) is 0 Å². The number of hydrogen-bond donors (Lipinski definition) is 7. The highest BCUT2D eigenvalue weighted by Crippen LogP contribution is 2.20. The molecule has 0 bridgehead atoms. The maximum absolute atomic E-state index is 13.1. The van der Waals surface area contributed by atoms with Crippen LogP contribution in [0.15, 0.2) is 0 Å². The van der Waals surface area contributed by atoms with Crippen molar-refractivity contribution in [2.24, 2.45) is 22.9 Å². The number of nitrogens with one attached hydrogen (secondary N) is 2. The van der Waals surface area contributed by atoms with Gasteiger partial charge < -0.3 is 43.6 Å². The van der Waals surface area contributed by atoms with Crippen molar-refractivity contribution < 1.29 is 29.1 Å². The number of carboxylic acids is 1. The summed E-state index contributed by atoms with van der Waals surface area (Å²) in [6.07, 6.45) is 3.83. The van der Waals surface area contributed by atoms with Gasteiger partial charge in [0.2, 0.25) is 23.6 Å². The van der Waals surface area contributed by atoms with Gasteiger partial charge in [0.25, 0.3) is 0 Å². The number of aliphatic carboxylic acids is 1. The van der Waals surface area contributed by atoms with Crippen molar-refractivity contribution in [2.45, 2.75) is 88.4 Å². The van der Waals surface area contributed by atoms with Gasteiger partial charge in [0.05, 0.1) is 6.04 Å². The first-order valence-electron chi connectivity index (χ1n) is 12.2.